The first-order valence-corrected chi connectivity index (χ1v) is 16.2. The summed E-state index contributed by atoms with van der Waals surface area (Å²) in [5, 5.41) is 23.4. The highest BCUT2D eigenvalue weighted by Gasteiger charge is 2.13. The molecule has 1 atom stereocenters. The van der Waals surface area contributed by atoms with Gasteiger partial charge < -0.3 is 25.2 Å². The van der Waals surface area contributed by atoms with E-state index in [1.165, 1.54) is 17.7 Å². The second kappa shape index (κ2) is 17.9. The molecular formula is C30H47N3O6S. The SMILES string of the molecule is CCN(CC)C(=O)c1ccc(CCCCOCCCCCCNCC(O)c2ccc(O)c(NS(C)(=O)=O)c2)cc1. The van der Waals surface area contributed by atoms with Crippen molar-refractivity contribution >= 4 is 21.6 Å². The molecule has 1 amide bonds. The molecule has 0 aliphatic rings. The van der Waals surface area contributed by atoms with Crippen molar-refractivity contribution in [3.05, 3.63) is 59.2 Å². The van der Waals surface area contributed by atoms with Crippen LogP contribution in [0.25, 0.3) is 0 Å². The highest BCUT2D eigenvalue weighted by Crippen LogP contribution is 2.27. The minimum Gasteiger partial charge on any atom is -0.506 e. The van der Waals surface area contributed by atoms with E-state index in [0.717, 1.165) is 89.6 Å². The summed E-state index contributed by atoms with van der Waals surface area (Å²) in [4.78, 5) is 14.2. The van der Waals surface area contributed by atoms with Crippen LogP contribution < -0.4 is 10.0 Å². The quantitative estimate of drug-likeness (QED) is 0.135. The molecule has 40 heavy (non-hydrogen) atoms. The van der Waals surface area contributed by atoms with Crippen LogP contribution in [0.5, 0.6) is 5.75 Å². The van der Waals surface area contributed by atoms with Gasteiger partial charge in [-0.25, -0.2) is 8.42 Å². The highest BCUT2D eigenvalue weighted by atomic mass is 32.2. The number of unbranched alkanes of at least 4 members (excludes halogenated alkanes) is 4. The molecule has 10 heteroatoms. The largest absolute Gasteiger partial charge is 0.506 e. The summed E-state index contributed by atoms with van der Waals surface area (Å²) in [5.41, 5.74) is 2.57. The molecule has 2 aromatic carbocycles. The zero-order valence-corrected chi connectivity index (χ0v) is 25.0. The van der Waals surface area contributed by atoms with Crippen LogP contribution in [-0.2, 0) is 21.2 Å². The van der Waals surface area contributed by atoms with Crippen LogP contribution in [0.1, 0.15) is 80.0 Å². The van der Waals surface area contributed by atoms with E-state index in [1.807, 2.05) is 30.9 Å². The lowest BCUT2D eigenvalue weighted by Crippen LogP contribution is -2.30. The molecule has 2 rings (SSSR count). The van der Waals surface area contributed by atoms with Gasteiger partial charge in [0.1, 0.15) is 5.75 Å². The summed E-state index contributed by atoms with van der Waals surface area (Å²) in [5.74, 6) is -0.0998. The molecule has 0 saturated heterocycles. The number of rotatable bonds is 20. The first-order chi connectivity index (χ1) is 19.1. The number of sulfonamides is 1. The highest BCUT2D eigenvalue weighted by molar-refractivity contribution is 7.92. The average molecular weight is 578 g/mol. The maximum atomic E-state index is 12.4. The van der Waals surface area contributed by atoms with Crippen molar-refractivity contribution in [2.24, 2.45) is 0 Å². The number of carbonyl (C=O) groups is 1. The van der Waals surface area contributed by atoms with Gasteiger partial charge in [0.2, 0.25) is 10.0 Å². The van der Waals surface area contributed by atoms with E-state index >= 15 is 0 Å². The van der Waals surface area contributed by atoms with E-state index in [-0.39, 0.29) is 17.3 Å². The molecule has 0 spiro atoms. The molecule has 0 bridgehead atoms. The van der Waals surface area contributed by atoms with Crippen LogP contribution in [0.15, 0.2) is 42.5 Å². The number of amides is 1. The maximum Gasteiger partial charge on any atom is 0.253 e. The molecule has 224 valence electrons. The Morgan fingerprint density at radius 3 is 2.25 bits per heavy atom. The molecule has 0 aliphatic heterocycles. The Bertz CT molecular complexity index is 1120. The van der Waals surface area contributed by atoms with Crippen molar-refractivity contribution in [3.63, 3.8) is 0 Å². The summed E-state index contributed by atoms with van der Waals surface area (Å²) in [6.07, 6.45) is 7.41. The number of aromatic hydroxyl groups is 1. The van der Waals surface area contributed by atoms with Gasteiger partial charge in [-0.05, 0) is 87.9 Å². The molecule has 0 aromatic heterocycles. The van der Waals surface area contributed by atoms with Crippen LogP contribution in [0.2, 0.25) is 0 Å². The molecule has 2 aromatic rings. The number of anilines is 1. The van der Waals surface area contributed by atoms with E-state index < -0.39 is 16.1 Å². The minimum atomic E-state index is -3.53. The van der Waals surface area contributed by atoms with E-state index in [2.05, 4.69) is 22.2 Å². The average Bonchev–Trinajstić information content (AvgIpc) is 2.92. The Hall–Kier alpha value is -2.66. The standard InChI is InChI=1S/C30H47N3O6S/c1-4-33(5-2)30(36)25-15-13-24(14-16-25)12-8-11-21-39-20-10-7-6-9-19-31-23-29(35)26-17-18-28(34)27(22-26)32-40(3,37)38/h13-18,22,29,31-32,34-35H,4-12,19-21,23H2,1-3H3. The molecule has 0 radical (unpaired) electrons. The molecule has 0 fully saturated rings. The van der Waals surface area contributed by atoms with Gasteiger partial charge in [0.25, 0.3) is 5.91 Å². The Morgan fingerprint density at radius 2 is 1.60 bits per heavy atom. The molecule has 0 heterocycles. The van der Waals surface area contributed by atoms with Crippen molar-refractivity contribution in [3.8, 4) is 5.75 Å². The fraction of sp³-hybridized carbons (Fsp3) is 0.567. The summed E-state index contributed by atoms with van der Waals surface area (Å²) in [6, 6.07) is 12.3. The fourth-order valence-electron chi connectivity index (χ4n) is 4.35. The molecule has 1 unspecified atom stereocenters. The van der Waals surface area contributed by atoms with Crippen molar-refractivity contribution in [2.75, 3.05) is 50.4 Å². The number of nitrogens with one attached hydrogen (secondary N) is 2. The van der Waals surface area contributed by atoms with Gasteiger partial charge >= 0.3 is 0 Å². The lowest BCUT2D eigenvalue weighted by atomic mass is 10.1. The van der Waals surface area contributed by atoms with Gasteiger partial charge in [0, 0.05) is 38.4 Å². The smallest absolute Gasteiger partial charge is 0.253 e. The zero-order valence-electron chi connectivity index (χ0n) is 24.2. The van der Waals surface area contributed by atoms with E-state index in [9.17, 15) is 23.4 Å². The third-order valence-electron chi connectivity index (χ3n) is 6.69. The Morgan fingerprint density at radius 1 is 0.950 bits per heavy atom. The van der Waals surface area contributed by atoms with Crippen LogP contribution in [-0.4, -0.2) is 75.1 Å². The van der Waals surface area contributed by atoms with Crippen molar-refractivity contribution in [2.45, 2.75) is 64.9 Å². The lowest BCUT2D eigenvalue weighted by Gasteiger charge is -2.18. The van der Waals surface area contributed by atoms with Crippen LogP contribution in [0.3, 0.4) is 0 Å². The Kier molecular flexibility index (Phi) is 15.0. The third kappa shape index (κ3) is 12.7. The molecule has 4 N–H and O–H groups in total. The molecular weight excluding hydrogens is 530 g/mol. The van der Waals surface area contributed by atoms with Gasteiger partial charge in [-0.3, -0.25) is 9.52 Å². The Balaban J connectivity index is 1.47. The first kappa shape index (κ1) is 33.5. The normalized spacial score (nSPS) is 12.3. The number of aryl methyl sites for hydroxylation is 1. The second-order valence-electron chi connectivity index (χ2n) is 10.0. The number of hydrogen-bond donors (Lipinski definition) is 4. The van der Waals surface area contributed by atoms with Gasteiger partial charge in [-0.15, -0.1) is 0 Å². The summed E-state index contributed by atoms with van der Waals surface area (Å²) in [6.45, 7) is 8.07. The summed E-state index contributed by atoms with van der Waals surface area (Å²) in [7, 11) is -3.53. The number of aliphatic hydroxyl groups is 1. The van der Waals surface area contributed by atoms with Gasteiger partial charge in [0.05, 0.1) is 18.0 Å². The maximum absolute atomic E-state index is 12.4. The number of phenols is 1. The monoisotopic (exact) mass is 577 g/mol. The topological polar surface area (TPSA) is 128 Å². The fourth-order valence-corrected chi connectivity index (χ4v) is 4.91. The summed E-state index contributed by atoms with van der Waals surface area (Å²) < 4.78 is 30.9. The van der Waals surface area contributed by atoms with Gasteiger partial charge in [-0.2, -0.15) is 0 Å². The van der Waals surface area contributed by atoms with E-state index in [1.54, 1.807) is 6.07 Å². The van der Waals surface area contributed by atoms with E-state index in [4.69, 9.17) is 4.74 Å². The molecule has 0 aliphatic carbocycles. The number of phenolic OH excluding ortho intramolecular Hbond substituents is 1. The number of benzene rings is 2. The summed E-state index contributed by atoms with van der Waals surface area (Å²) >= 11 is 0. The van der Waals surface area contributed by atoms with Crippen LogP contribution in [0, 0.1) is 0 Å². The molecule has 0 saturated carbocycles. The minimum absolute atomic E-state index is 0.0520. The number of aliphatic hydroxyl groups excluding tert-OH is 1. The third-order valence-corrected chi connectivity index (χ3v) is 7.28. The van der Waals surface area contributed by atoms with Gasteiger partial charge in [0.15, 0.2) is 0 Å². The number of nitrogens with zero attached hydrogens (tertiary/aromatic N) is 1. The van der Waals surface area contributed by atoms with Crippen LogP contribution in [0.4, 0.5) is 5.69 Å². The van der Waals surface area contributed by atoms with Crippen molar-refractivity contribution in [1.29, 1.82) is 0 Å². The number of carbonyl (C=O) groups excluding carboxylic acids is 1. The predicted octanol–water partition coefficient (Wildman–Crippen LogP) is 4.47. The predicted molar refractivity (Wildman–Crippen MR) is 160 cm³/mol. The van der Waals surface area contributed by atoms with E-state index in [0.29, 0.717) is 12.1 Å². The lowest BCUT2D eigenvalue weighted by molar-refractivity contribution is 0.0773. The van der Waals surface area contributed by atoms with Crippen molar-refractivity contribution in [1.82, 2.24) is 10.2 Å². The van der Waals surface area contributed by atoms with Crippen molar-refractivity contribution < 1.29 is 28.2 Å². The number of hydrogen-bond acceptors (Lipinski definition) is 7. The van der Waals surface area contributed by atoms with Crippen LogP contribution >= 0.6 is 0 Å². The number of ether oxygens (including phenoxy) is 1. The zero-order chi connectivity index (χ0) is 29.4. The first-order valence-electron chi connectivity index (χ1n) is 14.3. The Labute approximate surface area is 240 Å². The molecule has 9 nitrogen and oxygen atoms in total. The van der Waals surface area contributed by atoms with Gasteiger partial charge in [-0.1, -0.05) is 31.0 Å². The second-order valence-corrected chi connectivity index (χ2v) is 11.8.